The highest BCUT2D eigenvalue weighted by molar-refractivity contribution is 5.94. The Labute approximate surface area is 122 Å². The molecule has 1 aromatic rings. The van der Waals surface area contributed by atoms with Gasteiger partial charge in [0.25, 0.3) is 5.91 Å². The first-order valence-corrected chi connectivity index (χ1v) is 7.02. The predicted molar refractivity (Wildman–Crippen MR) is 73.5 cm³/mol. The van der Waals surface area contributed by atoms with Crippen LogP contribution in [0.2, 0.25) is 0 Å². The molecule has 0 aliphatic carbocycles. The molecule has 1 saturated heterocycles. The van der Waals surface area contributed by atoms with Gasteiger partial charge in [0.2, 0.25) is 0 Å². The van der Waals surface area contributed by atoms with Crippen LogP contribution in [0.5, 0.6) is 5.75 Å². The summed E-state index contributed by atoms with van der Waals surface area (Å²) >= 11 is 0. The summed E-state index contributed by atoms with van der Waals surface area (Å²) in [6.07, 6.45) is 0.307. The van der Waals surface area contributed by atoms with Gasteiger partial charge in [-0.25, -0.2) is 0 Å². The first-order valence-electron chi connectivity index (χ1n) is 7.02. The number of nitrogens with zero attached hydrogens (tertiary/aromatic N) is 1. The van der Waals surface area contributed by atoms with Gasteiger partial charge in [0, 0.05) is 25.1 Å². The molecule has 0 aromatic heterocycles. The van der Waals surface area contributed by atoms with E-state index in [9.17, 15) is 9.59 Å². The molecule has 3 rings (SSSR count). The van der Waals surface area contributed by atoms with E-state index in [-0.39, 0.29) is 12.3 Å². The van der Waals surface area contributed by atoms with Crippen molar-refractivity contribution < 1.29 is 24.2 Å². The molecule has 2 aliphatic rings. The molecule has 21 heavy (non-hydrogen) atoms. The molecule has 1 amide bonds. The van der Waals surface area contributed by atoms with Gasteiger partial charge in [0.1, 0.15) is 5.75 Å². The fourth-order valence-corrected chi connectivity index (χ4v) is 2.72. The molecule has 1 fully saturated rings. The van der Waals surface area contributed by atoms with Crippen LogP contribution < -0.4 is 4.74 Å². The highest BCUT2D eigenvalue weighted by atomic mass is 16.5. The summed E-state index contributed by atoms with van der Waals surface area (Å²) in [5.41, 5.74) is 1.67. The van der Waals surface area contributed by atoms with E-state index in [1.165, 1.54) is 0 Å². The van der Waals surface area contributed by atoms with Crippen LogP contribution >= 0.6 is 0 Å². The standard InChI is InChI=1S/C15H17NO5/c17-14(18)8-12-9-16(4-6-20-12)15(19)11-1-2-13-10(7-11)3-5-21-13/h1-2,7,12H,3-6,8-9H2,(H,17,18)/t12-/m1/s1. The van der Waals surface area contributed by atoms with Gasteiger partial charge in [-0.2, -0.15) is 0 Å². The molecule has 1 N–H and O–H groups in total. The Bertz CT molecular complexity index is 571. The molecule has 0 spiro atoms. The predicted octanol–water partition coefficient (Wildman–Crippen LogP) is 0.937. The smallest absolute Gasteiger partial charge is 0.306 e. The number of rotatable bonds is 3. The number of amides is 1. The summed E-state index contributed by atoms with van der Waals surface area (Å²) in [4.78, 5) is 24.9. The van der Waals surface area contributed by atoms with Crippen molar-refractivity contribution in [2.24, 2.45) is 0 Å². The number of morpholine rings is 1. The summed E-state index contributed by atoms with van der Waals surface area (Å²) in [6.45, 7) is 1.84. The number of fused-ring (bicyclic) bond motifs is 1. The van der Waals surface area contributed by atoms with E-state index >= 15 is 0 Å². The van der Waals surface area contributed by atoms with Gasteiger partial charge in [0.15, 0.2) is 0 Å². The molecule has 0 radical (unpaired) electrons. The van der Waals surface area contributed by atoms with E-state index in [1.54, 1.807) is 11.0 Å². The largest absolute Gasteiger partial charge is 0.493 e. The summed E-state index contributed by atoms with van der Waals surface area (Å²) in [6, 6.07) is 5.45. The third-order valence-corrected chi connectivity index (χ3v) is 3.76. The van der Waals surface area contributed by atoms with Crippen molar-refractivity contribution in [1.82, 2.24) is 4.90 Å². The second-order valence-corrected chi connectivity index (χ2v) is 5.26. The Balaban J connectivity index is 1.71. The zero-order valence-corrected chi connectivity index (χ0v) is 11.6. The van der Waals surface area contributed by atoms with Gasteiger partial charge in [-0.15, -0.1) is 0 Å². The number of carboxylic acid groups (broad SMARTS) is 1. The first-order chi connectivity index (χ1) is 10.1. The molecule has 6 nitrogen and oxygen atoms in total. The van der Waals surface area contributed by atoms with Gasteiger partial charge in [-0.05, 0) is 23.8 Å². The number of aliphatic carboxylic acids is 1. The summed E-state index contributed by atoms with van der Waals surface area (Å²) in [5, 5.41) is 8.82. The molecule has 0 unspecified atom stereocenters. The van der Waals surface area contributed by atoms with E-state index in [4.69, 9.17) is 14.6 Å². The van der Waals surface area contributed by atoms with Crippen LogP contribution in [0.3, 0.4) is 0 Å². The maximum Gasteiger partial charge on any atom is 0.306 e. The third-order valence-electron chi connectivity index (χ3n) is 3.76. The van der Waals surface area contributed by atoms with Crippen LogP contribution in [0.15, 0.2) is 18.2 Å². The van der Waals surface area contributed by atoms with Gasteiger partial charge in [0.05, 0.1) is 25.7 Å². The van der Waals surface area contributed by atoms with Gasteiger partial charge >= 0.3 is 5.97 Å². The molecular formula is C15H17NO5. The fraction of sp³-hybridized carbons (Fsp3) is 0.467. The summed E-state index contributed by atoms with van der Waals surface area (Å²) in [7, 11) is 0. The minimum atomic E-state index is -0.913. The van der Waals surface area contributed by atoms with Crippen molar-refractivity contribution in [3.05, 3.63) is 29.3 Å². The SMILES string of the molecule is O=C(O)C[C@@H]1CN(C(=O)c2ccc3c(c2)CCO3)CCO1. The number of hydrogen-bond acceptors (Lipinski definition) is 4. The van der Waals surface area contributed by atoms with Crippen LogP contribution in [0, 0.1) is 0 Å². The Morgan fingerprint density at radius 2 is 2.19 bits per heavy atom. The number of benzene rings is 1. The molecule has 2 heterocycles. The summed E-state index contributed by atoms with van der Waals surface area (Å²) in [5.74, 6) is -0.148. The maximum atomic E-state index is 12.5. The minimum absolute atomic E-state index is 0.0802. The summed E-state index contributed by atoms with van der Waals surface area (Å²) < 4.78 is 10.8. The lowest BCUT2D eigenvalue weighted by Gasteiger charge is -2.32. The second-order valence-electron chi connectivity index (χ2n) is 5.26. The van der Waals surface area contributed by atoms with Gasteiger partial charge in [-0.1, -0.05) is 0 Å². The number of carboxylic acids is 1. The number of hydrogen-bond donors (Lipinski definition) is 1. The van der Waals surface area contributed by atoms with Gasteiger partial charge in [-0.3, -0.25) is 9.59 Å². The van der Waals surface area contributed by atoms with Crippen molar-refractivity contribution in [2.75, 3.05) is 26.3 Å². The first kappa shape index (κ1) is 13.9. The normalized spacial score (nSPS) is 20.8. The Morgan fingerprint density at radius 3 is 3.00 bits per heavy atom. The Morgan fingerprint density at radius 1 is 1.33 bits per heavy atom. The van der Waals surface area contributed by atoms with Crippen molar-refractivity contribution in [1.29, 1.82) is 0 Å². The topological polar surface area (TPSA) is 76.1 Å². The van der Waals surface area contributed by atoms with Crippen LogP contribution in [-0.4, -0.2) is 54.3 Å². The van der Waals surface area contributed by atoms with Crippen molar-refractivity contribution >= 4 is 11.9 Å². The molecule has 112 valence electrons. The average Bonchev–Trinajstić information content (AvgIpc) is 2.93. The average molecular weight is 291 g/mol. The van der Waals surface area contributed by atoms with E-state index in [0.29, 0.717) is 31.9 Å². The van der Waals surface area contributed by atoms with E-state index < -0.39 is 12.1 Å². The fourth-order valence-electron chi connectivity index (χ4n) is 2.72. The van der Waals surface area contributed by atoms with Gasteiger partial charge < -0.3 is 19.5 Å². The highest BCUT2D eigenvalue weighted by Crippen LogP contribution is 2.26. The lowest BCUT2D eigenvalue weighted by Crippen LogP contribution is -2.46. The molecule has 1 aromatic carbocycles. The molecule has 0 bridgehead atoms. The molecule has 1 atom stereocenters. The van der Waals surface area contributed by atoms with E-state index in [0.717, 1.165) is 17.7 Å². The monoisotopic (exact) mass is 291 g/mol. The maximum absolute atomic E-state index is 12.5. The third kappa shape index (κ3) is 3.00. The molecule has 0 saturated carbocycles. The quantitative estimate of drug-likeness (QED) is 0.897. The highest BCUT2D eigenvalue weighted by Gasteiger charge is 2.27. The molecule has 6 heteroatoms. The van der Waals surface area contributed by atoms with Crippen LogP contribution in [0.1, 0.15) is 22.3 Å². The van der Waals surface area contributed by atoms with Crippen LogP contribution in [0.25, 0.3) is 0 Å². The second kappa shape index (κ2) is 5.73. The van der Waals surface area contributed by atoms with Crippen LogP contribution in [-0.2, 0) is 16.0 Å². The zero-order chi connectivity index (χ0) is 14.8. The molecular weight excluding hydrogens is 274 g/mol. The van der Waals surface area contributed by atoms with Crippen molar-refractivity contribution in [2.45, 2.75) is 18.9 Å². The lowest BCUT2D eigenvalue weighted by atomic mass is 10.1. The zero-order valence-electron chi connectivity index (χ0n) is 11.6. The number of ether oxygens (including phenoxy) is 2. The minimum Gasteiger partial charge on any atom is -0.493 e. The van der Waals surface area contributed by atoms with Crippen molar-refractivity contribution in [3.8, 4) is 5.75 Å². The Hall–Kier alpha value is -2.08. The van der Waals surface area contributed by atoms with Crippen molar-refractivity contribution in [3.63, 3.8) is 0 Å². The lowest BCUT2D eigenvalue weighted by molar-refractivity contribution is -0.141. The Kier molecular flexibility index (Phi) is 3.79. The van der Waals surface area contributed by atoms with E-state index in [2.05, 4.69) is 0 Å². The number of carbonyl (C=O) groups excluding carboxylic acids is 1. The van der Waals surface area contributed by atoms with E-state index in [1.807, 2.05) is 12.1 Å². The van der Waals surface area contributed by atoms with Crippen LogP contribution in [0.4, 0.5) is 0 Å². The molecule has 2 aliphatic heterocycles. The number of carbonyl (C=O) groups is 2.